The van der Waals surface area contributed by atoms with Gasteiger partial charge in [-0.25, -0.2) is 14.4 Å². The van der Waals surface area contributed by atoms with Crippen molar-refractivity contribution in [3.8, 4) is 0 Å². The molecule has 0 aliphatic heterocycles. The van der Waals surface area contributed by atoms with E-state index in [-0.39, 0.29) is 51.0 Å². The number of carboxylic acid groups (broad SMARTS) is 3. The maximum Gasteiger partial charge on any atom is 0.326 e. The summed E-state index contributed by atoms with van der Waals surface area (Å²) in [6.45, 7) is -0.652. The maximum atomic E-state index is 14.3. The highest BCUT2D eigenvalue weighted by Crippen LogP contribution is 2.42. The Kier molecular flexibility index (Phi) is 21.6. The van der Waals surface area contributed by atoms with Crippen LogP contribution >= 0.6 is 35.3 Å². The van der Waals surface area contributed by atoms with Gasteiger partial charge in [0.1, 0.15) is 18.1 Å². The molecule has 3 atom stereocenters. The summed E-state index contributed by atoms with van der Waals surface area (Å²) in [5, 5.41) is 81.1. The number of carbonyl (C=O) groups excluding carboxylic acids is 4. The van der Waals surface area contributed by atoms with Gasteiger partial charge in [-0.05, 0) is 72.4 Å². The predicted molar refractivity (Wildman–Crippen MR) is 344 cm³/mol. The Hall–Kier alpha value is -10.6. The van der Waals surface area contributed by atoms with E-state index >= 15 is 0 Å². The molecule has 0 bridgehead atoms. The normalized spacial score (nSPS) is 12.9. The van der Waals surface area contributed by atoms with E-state index in [0.29, 0.717) is 64.5 Å². The van der Waals surface area contributed by atoms with Gasteiger partial charge in [0, 0.05) is 95.0 Å². The van der Waals surface area contributed by atoms with Crippen LogP contribution in [0.1, 0.15) is 55.2 Å². The maximum absolute atomic E-state index is 14.3. The van der Waals surface area contributed by atoms with Gasteiger partial charge in [0.05, 0.1) is 51.1 Å². The molecule has 6 aromatic carbocycles. The lowest BCUT2D eigenvalue weighted by Gasteiger charge is -2.35. The molecule has 9 rings (SSSR count). The van der Waals surface area contributed by atoms with E-state index in [0.717, 1.165) is 35.3 Å². The molecule has 3 aromatic heterocycles. The SMILES string of the molecule is NCC(=O)NC(CCC(=O)NC(Cc1c(Sc2ccccc2[N+](=O)[O-])[nH]c2ccccc12)C(=O)O)(CCC(=O)NC(Cc1c(Sc2ccccc2[N+](=O)[O-])[nH]c2ccccc12)C(=O)O)CCC(=O)NC(Cc1c(Sc2ccccc2[N+](=O)[O-])[nH]c2ccccc12)C(=O)O. The number of nitrogens with one attached hydrogen (secondary N) is 7. The number of carbonyl (C=O) groups is 7. The zero-order valence-corrected chi connectivity index (χ0v) is 51.4. The Bertz CT molecular complexity index is 3960. The average Bonchev–Trinajstić information content (AvgIpc) is 1.68. The molecule has 0 radical (unpaired) electrons. The average molecular weight is 1320 g/mol. The number of H-pyrrole nitrogens is 3. The Morgan fingerprint density at radius 2 is 0.699 bits per heavy atom. The standard InChI is InChI=1S/C63H59N11O16S3/c64-34-56(78)71-63(28-25-53(75)65-44(60(79)80)31-38-35-13-1-4-16-41(35)68-57(38)91-50-22-10-7-19-47(50)72(85)86,29-26-54(76)66-45(61(81)82)32-39-36-14-2-5-17-42(36)69-58(39)92-51-23-11-8-20-48(51)73(87)88)30-27-55(77)67-46(62(83)84)33-40-37-15-3-6-18-43(37)70-59(40)93-52-24-12-9-21-49(52)74(89)90/h1-24,44-46,68-70H,25-34,64H2,(H,65,75)(H,66,76)(H,67,77)(H,71,78)(H,79,80)(H,81,82)(H,83,84). The number of nitro groups is 3. The minimum absolute atomic E-state index is 0.206. The molecule has 0 saturated carbocycles. The van der Waals surface area contributed by atoms with E-state index in [1.54, 1.807) is 91.0 Å². The second-order valence-corrected chi connectivity index (χ2v) is 24.6. The van der Waals surface area contributed by atoms with Gasteiger partial charge in [-0.1, -0.05) is 126 Å². The summed E-state index contributed by atoms with van der Waals surface area (Å²) in [7, 11) is 0. The number of carboxylic acids is 3. The number of hydrogen-bond acceptors (Lipinski definition) is 17. The van der Waals surface area contributed by atoms with E-state index in [1.807, 2.05) is 0 Å². The number of rotatable bonds is 32. The van der Waals surface area contributed by atoms with E-state index in [1.165, 1.54) is 54.6 Å². The zero-order chi connectivity index (χ0) is 66.5. The Morgan fingerprint density at radius 1 is 0.430 bits per heavy atom. The van der Waals surface area contributed by atoms with Crippen LogP contribution in [0.3, 0.4) is 0 Å². The Labute approximate surface area is 539 Å². The number of nitro benzene ring substituents is 3. The van der Waals surface area contributed by atoms with Gasteiger partial charge in [0.2, 0.25) is 23.6 Å². The van der Waals surface area contributed by atoms with Crippen LogP contribution in [-0.4, -0.2) is 117 Å². The monoisotopic (exact) mass is 1320 g/mol. The van der Waals surface area contributed by atoms with E-state index < -0.39 is 125 Å². The first-order chi connectivity index (χ1) is 44.6. The molecule has 3 heterocycles. The summed E-state index contributed by atoms with van der Waals surface area (Å²) >= 11 is 2.97. The van der Waals surface area contributed by atoms with Gasteiger partial charge in [-0.15, -0.1) is 0 Å². The smallest absolute Gasteiger partial charge is 0.326 e. The van der Waals surface area contributed by atoms with Crippen LogP contribution in [0.15, 0.2) is 175 Å². The second-order valence-electron chi connectivity index (χ2n) is 21.4. The van der Waals surface area contributed by atoms with Gasteiger partial charge < -0.3 is 57.3 Å². The molecule has 480 valence electrons. The number of fused-ring (bicyclic) bond motifs is 3. The van der Waals surface area contributed by atoms with E-state index in [9.17, 15) is 79.2 Å². The third-order valence-electron chi connectivity index (χ3n) is 15.4. The van der Waals surface area contributed by atoms with Crippen molar-refractivity contribution in [2.45, 2.75) is 111 Å². The van der Waals surface area contributed by atoms with Gasteiger partial charge in [-0.3, -0.25) is 49.5 Å². The minimum atomic E-state index is -1.78. The van der Waals surface area contributed by atoms with Crippen LogP contribution in [0.2, 0.25) is 0 Å². The molecule has 0 saturated heterocycles. The number of nitrogens with two attached hydrogens (primary N) is 1. The van der Waals surface area contributed by atoms with E-state index in [4.69, 9.17) is 5.73 Å². The van der Waals surface area contributed by atoms with Crippen LogP contribution < -0.4 is 27.0 Å². The molecule has 3 unspecified atom stereocenters. The number of benzene rings is 6. The fourth-order valence-electron chi connectivity index (χ4n) is 10.8. The van der Waals surface area contributed by atoms with Crippen molar-refractivity contribution in [1.29, 1.82) is 0 Å². The molecule has 0 aliphatic rings. The third kappa shape index (κ3) is 16.5. The number of aromatic nitrogens is 3. The van der Waals surface area contributed by atoms with Gasteiger partial charge in [0.25, 0.3) is 17.1 Å². The summed E-state index contributed by atoms with van der Waals surface area (Å²) in [4.78, 5) is 140. The topological polar surface area (TPSA) is 431 Å². The van der Waals surface area contributed by atoms with Crippen molar-refractivity contribution >= 4 is 127 Å². The van der Waals surface area contributed by atoms with Crippen molar-refractivity contribution in [1.82, 2.24) is 36.2 Å². The third-order valence-corrected chi connectivity index (χ3v) is 18.7. The molecule has 30 heteroatoms. The molecule has 0 spiro atoms. The van der Waals surface area contributed by atoms with Crippen molar-refractivity contribution in [3.63, 3.8) is 0 Å². The second kappa shape index (κ2) is 30.0. The lowest BCUT2D eigenvalue weighted by Crippen LogP contribution is -2.53. The van der Waals surface area contributed by atoms with Crippen LogP contribution in [0.25, 0.3) is 32.7 Å². The number of para-hydroxylation sites is 6. The molecule has 27 nitrogen and oxygen atoms in total. The van der Waals surface area contributed by atoms with E-state index in [2.05, 4.69) is 36.2 Å². The quantitative estimate of drug-likeness (QED) is 0.0138. The summed E-state index contributed by atoms with van der Waals surface area (Å²) in [6, 6.07) is 33.6. The molecule has 0 aliphatic carbocycles. The van der Waals surface area contributed by atoms with Gasteiger partial charge >= 0.3 is 17.9 Å². The summed E-state index contributed by atoms with van der Waals surface area (Å²) in [5.41, 5.74) is 6.37. The predicted octanol–water partition coefficient (Wildman–Crippen LogP) is 9.20. The number of amides is 4. The first-order valence-electron chi connectivity index (χ1n) is 28.7. The van der Waals surface area contributed by atoms with Crippen LogP contribution in [-0.2, 0) is 52.8 Å². The number of aromatic amines is 3. The summed E-state index contributed by atoms with van der Waals surface area (Å²) < 4.78 is 0. The molecule has 0 fully saturated rings. The van der Waals surface area contributed by atoms with Gasteiger partial charge in [0.15, 0.2) is 0 Å². The largest absolute Gasteiger partial charge is 0.480 e. The fourth-order valence-corrected chi connectivity index (χ4v) is 14.1. The molecule has 4 amide bonds. The molecular weight excluding hydrogens is 1260 g/mol. The fraction of sp³-hybridized carbons (Fsp3) is 0.222. The highest BCUT2D eigenvalue weighted by Gasteiger charge is 2.37. The highest BCUT2D eigenvalue weighted by molar-refractivity contribution is 8.00. The van der Waals surface area contributed by atoms with Crippen molar-refractivity contribution in [2.24, 2.45) is 5.73 Å². The lowest BCUT2D eigenvalue weighted by molar-refractivity contribution is -0.387. The minimum Gasteiger partial charge on any atom is -0.480 e. The van der Waals surface area contributed by atoms with Crippen LogP contribution in [0, 0.1) is 30.3 Å². The first kappa shape index (κ1) is 66.8. The lowest BCUT2D eigenvalue weighted by atomic mass is 9.82. The molecule has 93 heavy (non-hydrogen) atoms. The molecule has 9 aromatic rings. The van der Waals surface area contributed by atoms with Crippen LogP contribution in [0.4, 0.5) is 17.1 Å². The van der Waals surface area contributed by atoms with Crippen molar-refractivity contribution < 1.29 is 63.7 Å². The number of nitrogens with zero attached hydrogens (tertiary/aromatic N) is 3. The first-order valence-corrected chi connectivity index (χ1v) is 31.2. The highest BCUT2D eigenvalue weighted by atomic mass is 32.2. The number of aliphatic carboxylic acids is 3. The molecular formula is C63H59N11O16S3. The van der Waals surface area contributed by atoms with Crippen molar-refractivity contribution in [3.05, 3.63) is 193 Å². The van der Waals surface area contributed by atoms with Crippen molar-refractivity contribution in [2.75, 3.05) is 6.54 Å². The zero-order valence-electron chi connectivity index (χ0n) is 49.0. The number of hydrogen-bond donors (Lipinski definition) is 11. The molecule has 12 N–H and O–H groups in total. The Balaban J connectivity index is 0.985. The van der Waals surface area contributed by atoms with Gasteiger partial charge in [-0.2, -0.15) is 0 Å². The summed E-state index contributed by atoms with van der Waals surface area (Å²) in [6.07, 6.45) is -4.02. The summed E-state index contributed by atoms with van der Waals surface area (Å²) in [5.74, 6) is -7.87. The van der Waals surface area contributed by atoms with Crippen LogP contribution in [0.5, 0.6) is 0 Å². The Morgan fingerprint density at radius 3 is 0.968 bits per heavy atom.